The SMILES string of the molecule is CCOP(=O)(OCC)OCN1SN(C)C(C(C)C)C1=O. The Kier molecular flexibility index (Phi) is 6.97. The van der Waals surface area contributed by atoms with Gasteiger partial charge in [0.05, 0.1) is 13.2 Å². The zero-order chi connectivity index (χ0) is 15.3. The van der Waals surface area contributed by atoms with Crippen molar-refractivity contribution in [2.24, 2.45) is 5.92 Å². The molecule has 1 aliphatic heterocycles. The van der Waals surface area contributed by atoms with Gasteiger partial charge in [0.15, 0.2) is 0 Å². The molecule has 1 aliphatic rings. The zero-order valence-corrected chi connectivity index (χ0v) is 14.3. The third-order valence-electron chi connectivity index (χ3n) is 2.66. The Labute approximate surface area is 124 Å². The van der Waals surface area contributed by atoms with Gasteiger partial charge in [-0.15, -0.1) is 0 Å². The van der Waals surface area contributed by atoms with Gasteiger partial charge < -0.3 is 0 Å². The van der Waals surface area contributed by atoms with Crippen molar-refractivity contribution in [3.05, 3.63) is 0 Å². The van der Waals surface area contributed by atoms with E-state index in [1.165, 1.54) is 16.4 Å². The molecule has 20 heavy (non-hydrogen) atoms. The van der Waals surface area contributed by atoms with Crippen molar-refractivity contribution in [2.75, 3.05) is 27.0 Å². The first-order valence-corrected chi connectivity index (χ1v) is 8.79. The molecule has 1 atom stereocenters. The number of carbonyl (C=O) groups is 1. The summed E-state index contributed by atoms with van der Waals surface area (Å²) in [6.07, 6.45) is 0. The minimum Gasteiger partial charge on any atom is -0.287 e. The largest absolute Gasteiger partial charge is 0.476 e. The number of hydrogen-bond acceptors (Lipinski definition) is 7. The first-order chi connectivity index (χ1) is 9.34. The highest BCUT2D eigenvalue weighted by Gasteiger charge is 2.40. The highest BCUT2D eigenvalue weighted by atomic mass is 32.2. The van der Waals surface area contributed by atoms with E-state index >= 15 is 0 Å². The number of phosphoric acid groups is 1. The monoisotopic (exact) mass is 326 g/mol. The van der Waals surface area contributed by atoms with Gasteiger partial charge in [-0.05, 0) is 19.8 Å². The fourth-order valence-electron chi connectivity index (χ4n) is 1.89. The highest BCUT2D eigenvalue weighted by molar-refractivity contribution is 7.95. The second-order valence-corrected chi connectivity index (χ2v) is 7.42. The maximum atomic E-state index is 12.2. The van der Waals surface area contributed by atoms with E-state index in [9.17, 15) is 9.36 Å². The molecule has 0 radical (unpaired) electrons. The van der Waals surface area contributed by atoms with E-state index in [0.717, 1.165) is 0 Å². The predicted molar refractivity (Wildman–Crippen MR) is 77.6 cm³/mol. The lowest BCUT2D eigenvalue weighted by Crippen LogP contribution is -2.36. The fourth-order valence-corrected chi connectivity index (χ4v) is 4.12. The molecule has 0 bridgehead atoms. The zero-order valence-electron chi connectivity index (χ0n) is 12.6. The van der Waals surface area contributed by atoms with Crippen molar-refractivity contribution in [1.82, 2.24) is 8.61 Å². The van der Waals surface area contributed by atoms with Gasteiger partial charge in [0, 0.05) is 19.2 Å². The summed E-state index contributed by atoms with van der Waals surface area (Å²) in [6, 6.07) is -0.206. The van der Waals surface area contributed by atoms with E-state index in [1.807, 2.05) is 25.2 Å². The smallest absolute Gasteiger partial charge is 0.287 e. The summed E-state index contributed by atoms with van der Waals surface area (Å²) in [7, 11) is -1.74. The standard InChI is InChI=1S/C11H23N2O5PS/c1-6-16-19(15,17-7-2)18-8-13-11(14)10(9(3)4)12(5)20-13/h9-10H,6-8H2,1-5H3. The van der Waals surface area contributed by atoms with Crippen LogP contribution in [0.4, 0.5) is 0 Å². The molecule has 9 heteroatoms. The molecular formula is C11H23N2O5PS. The molecule has 1 saturated heterocycles. The van der Waals surface area contributed by atoms with Crippen molar-refractivity contribution in [3.63, 3.8) is 0 Å². The lowest BCUT2D eigenvalue weighted by molar-refractivity contribution is -0.130. The van der Waals surface area contributed by atoms with Crippen LogP contribution in [0.5, 0.6) is 0 Å². The quantitative estimate of drug-likeness (QED) is 0.501. The number of rotatable bonds is 8. The van der Waals surface area contributed by atoms with Gasteiger partial charge in [0.2, 0.25) is 0 Å². The van der Waals surface area contributed by atoms with Gasteiger partial charge in [-0.25, -0.2) is 13.2 Å². The summed E-state index contributed by atoms with van der Waals surface area (Å²) in [5, 5.41) is 0. The Bertz CT molecular complexity index is 372. The molecular weight excluding hydrogens is 303 g/mol. The summed E-state index contributed by atoms with van der Waals surface area (Å²) in [6.45, 7) is 7.67. The van der Waals surface area contributed by atoms with Crippen LogP contribution in [0.15, 0.2) is 0 Å². The average molecular weight is 326 g/mol. The number of phosphoric ester groups is 1. The van der Waals surface area contributed by atoms with E-state index in [1.54, 1.807) is 13.8 Å². The fraction of sp³-hybridized carbons (Fsp3) is 0.909. The van der Waals surface area contributed by atoms with Crippen LogP contribution in [0.3, 0.4) is 0 Å². The number of likely N-dealkylation sites (N-methyl/N-ethyl adjacent to an activating group) is 1. The van der Waals surface area contributed by atoms with Crippen LogP contribution in [0, 0.1) is 5.92 Å². The van der Waals surface area contributed by atoms with Gasteiger partial charge in [0.25, 0.3) is 5.91 Å². The molecule has 0 aliphatic carbocycles. The van der Waals surface area contributed by atoms with Crippen LogP contribution >= 0.6 is 20.0 Å². The van der Waals surface area contributed by atoms with Gasteiger partial charge in [-0.3, -0.25) is 18.4 Å². The summed E-state index contributed by atoms with van der Waals surface area (Å²) in [5.74, 6) is 0.127. The van der Waals surface area contributed by atoms with Crippen LogP contribution < -0.4 is 0 Å². The number of hydrogen-bond donors (Lipinski definition) is 0. The van der Waals surface area contributed by atoms with Gasteiger partial charge >= 0.3 is 7.82 Å². The normalized spacial score (nSPS) is 21.2. The van der Waals surface area contributed by atoms with Crippen LogP contribution in [-0.4, -0.2) is 47.6 Å². The molecule has 118 valence electrons. The van der Waals surface area contributed by atoms with Crippen molar-refractivity contribution in [3.8, 4) is 0 Å². The maximum absolute atomic E-state index is 12.2. The molecule has 0 saturated carbocycles. The molecule has 7 nitrogen and oxygen atoms in total. The van der Waals surface area contributed by atoms with Crippen LogP contribution in [0.1, 0.15) is 27.7 Å². The van der Waals surface area contributed by atoms with E-state index in [0.29, 0.717) is 0 Å². The van der Waals surface area contributed by atoms with Crippen molar-refractivity contribution in [2.45, 2.75) is 33.7 Å². The molecule has 1 fully saturated rings. The molecule has 1 amide bonds. The maximum Gasteiger partial charge on any atom is 0.476 e. The van der Waals surface area contributed by atoms with E-state index in [2.05, 4.69) is 0 Å². The van der Waals surface area contributed by atoms with Crippen molar-refractivity contribution in [1.29, 1.82) is 0 Å². The van der Waals surface area contributed by atoms with E-state index in [-0.39, 0.29) is 37.8 Å². The van der Waals surface area contributed by atoms with Crippen molar-refractivity contribution >= 4 is 25.9 Å². The third kappa shape index (κ3) is 4.44. The lowest BCUT2D eigenvalue weighted by Gasteiger charge is -2.19. The molecule has 0 N–H and O–H groups in total. The Hall–Kier alpha value is -0.110. The number of nitrogens with zero attached hydrogens (tertiary/aromatic N) is 2. The van der Waals surface area contributed by atoms with Gasteiger partial charge in [0.1, 0.15) is 12.8 Å². The summed E-state index contributed by atoms with van der Waals surface area (Å²) in [5.41, 5.74) is 0. The second kappa shape index (κ2) is 7.77. The second-order valence-electron chi connectivity index (χ2n) is 4.57. The molecule has 0 aromatic rings. The lowest BCUT2D eigenvalue weighted by atomic mass is 10.0. The van der Waals surface area contributed by atoms with E-state index in [4.69, 9.17) is 13.6 Å². The van der Waals surface area contributed by atoms with E-state index < -0.39 is 7.82 Å². The number of carbonyl (C=O) groups excluding carboxylic acids is 1. The van der Waals surface area contributed by atoms with Crippen molar-refractivity contribution < 1.29 is 22.9 Å². The highest BCUT2D eigenvalue weighted by Crippen LogP contribution is 2.50. The number of amides is 1. The van der Waals surface area contributed by atoms with Gasteiger partial charge in [-0.1, -0.05) is 13.8 Å². The Morgan fingerprint density at radius 3 is 2.20 bits per heavy atom. The first-order valence-electron chi connectivity index (χ1n) is 6.60. The average Bonchev–Trinajstić information content (AvgIpc) is 2.62. The molecule has 0 aromatic carbocycles. The minimum atomic E-state index is -3.59. The molecule has 0 spiro atoms. The molecule has 0 aromatic heterocycles. The minimum absolute atomic E-state index is 0.0629. The molecule has 1 rings (SSSR count). The first kappa shape index (κ1) is 17.9. The Morgan fingerprint density at radius 2 is 1.80 bits per heavy atom. The summed E-state index contributed by atoms with van der Waals surface area (Å²) in [4.78, 5) is 12.2. The summed E-state index contributed by atoms with van der Waals surface area (Å²) < 4.78 is 30.7. The molecule has 1 unspecified atom stereocenters. The third-order valence-corrected chi connectivity index (χ3v) is 5.20. The van der Waals surface area contributed by atoms with Crippen LogP contribution in [0.25, 0.3) is 0 Å². The Morgan fingerprint density at radius 1 is 1.25 bits per heavy atom. The summed E-state index contributed by atoms with van der Waals surface area (Å²) >= 11 is 1.25. The van der Waals surface area contributed by atoms with Gasteiger partial charge in [-0.2, -0.15) is 0 Å². The topological polar surface area (TPSA) is 68.3 Å². The van der Waals surface area contributed by atoms with Crippen LogP contribution in [0.2, 0.25) is 0 Å². The predicted octanol–water partition coefficient (Wildman–Crippen LogP) is 2.50. The molecule has 1 heterocycles. The van der Waals surface area contributed by atoms with Crippen LogP contribution in [-0.2, 0) is 22.9 Å². The Balaban J connectivity index is 2.61.